The molecule has 7 aliphatic rings. The molecule has 0 radical (unpaired) electrons. The fraction of sp³-hybridized carbons (Fsp3) is 0.833. The summed E-state index contributed by atoms with van der Waals surface area (Å²) in [6.07, 6.45) is 16.2. The van der Waals surface area contributed by atoms with Crippen LogP contribution in [0, 0.1) is 57.7 Å². The van der Waals surface area contributed by atoms with Gasteiger partial charge in [-0.05, 0) is 92.3 Å². The quantitative estimate of drug-likeness (QED) is 0.503. The van der Waals surface area contributed by atoms with Crippen molar-refractivity contribution in [2.75, 3.05) is 6.61 Å². The second-order valence-corrected chi connectivity index (χ2v) is 10.9. The summed E-state index contributed by atoms with van der Waals surface area (Å²) < 4.78 is 6.61. The molecule has 8 unspecified atom stereocenters. The Morgan fingerprint density at radius 2 is 2.07 bits per heavy atom. The number of nitroso groups, excluding NO2 is 1. The first-order valence-corrected chi connectivity index (χ1v) is 11.6. The number of hydrogen-bond donors (Lipinski definition) is 0. The molecule has 1 spiro atoms. The van der Waals surface area contributed by atoms with Crippen molar-refractivity contribution in [2.24, 2.45) is 57.9 Å². The zero-order valence-corrected chi connectivity index (χ0v) is 16.3. The largest absolute Gasteiger partial charge is 0.366 e. The normalized spacial score (nSPS) is 61.4. The van der Waals surface area contributed by atoms with Crippen LogP contribution in [-0.4, -0.2) is 18.2 Å². The Hall–Kier alpha value is -0.960. The van der Waals surface area contributed by atoms with Crippen LogP contribution >= 0.6 is 0 Å². The SMILES string of the molecule is CC[C@]12CCC3C(C4CC4C4=CC(N=O)CC[C@@H]43)C1C1CC1[C@@]21C=CCO1. The first-order valence-electron chi connectivity index (χ1n) is 11.6. The number of fused-ring (bicyclic) bond motifs is 12. The van der Waals surface area contributed by atoms with Crippen LogP contribution in [0.2, 0.25) is 0 Å². The maximum Gasteiger partial charge on any atom is 0.110 e. The molecule has 0 bridgehead atoms. The maximum absolute atomic E-state index is 11.1. The van der Waals surface area contributed by atoms with Crippen LogP contribution in [0.15, 0.2) is 29.0 Å². The van der Waals surface area contributed by atoms with Crippen molar-refractivity contribution in [3.05, 3.63) is 28.7 Å². The van der Waals surface area contributed by atoms with Gasteiger partial charge in [-0.25, -0.2) is 0 Å². The van der Waals surface area contributed by atoms with Gasteiger partial charge in [-0.15, -0.1) is 0 Å². The minimum absolute atomic E-state index is 0.0352. The van der Waals surface area contributed by atoms with Crippen LogP contribution in [0.3, 0.4) is 0 Å². The zero-order chi connectivity index (χ0) is 18.0. The van der Waals surface area contributed by atoms with Crippen molar-refractivity contribution < 1.29 is 4.74 Å². The highest BCUT2D eigenvalue weighted by Gasteiger charge is 2.79. The summed E-state index contributed by atoms with van der Waals surface area (Å²) in [5.41, 5.74) is 2.16. The number of allylic oxidation sites excluding steroid dienone is 1. The van der Waals surface area contributed by atoms with E-state index < -0.39 is 0 Å². The van der Waals surface area contributed by atoms with Crippen LogP contribution in [0.25, 0.3) is 0 Å². The Labute approximate surface area is 162 Å². The summed E-state index contributed by atoms with van der Waals surface area (Å²) in [4.78, 5) is 11.1. The fourth-order valence-corrected chi connectivity index (χ4v) is 9.70. The molecular weight excluding hydrogens is 334 g/mol. The molecule has 6 aliphatic carbocycles. The molecule has 1 aliphatic heterocycles. The van der Waals surface area contributed by atoms with Gasteiger partial charge < -0.3 is 4.74 Å². The monoisotopic (exact) mass is 365 g/mol. The summed E-state index contributed by atoms with van der Waals surface area (Å²) in [6, 6.07) is -0.0352. The van der Waals surface area contributed by atoms with E-state index in [1.54, 1.807) is 5.57 Å². The minimum atomic E-state index is -0.0352. The minimum Gasteiger partial charge on any atom is -0.366 e. The molecule has 0 saturated heterocycles. The molecule has 0 amide bonds. The smallest absolute Gasteiger partial charge is 0.110 e. The molecular formula is C24H31NO2. The number of rotatable bonds is 2. The second kappa shape index (κ2) is 4.96. The van der Waals surface area contributed by atoms with Crippen molar-refractivity contribution in [3.8, 4) is 0 Å². The van der Waals surface area contributed by atoms with Gasteiger partial charge in [0.05, 0.1) is 12.2 Å². The van der Waals surface area contributed by atoms with E-state index in [-0.39, 0.29) is 11.6 Å². The van der Waals surface area contributed by atoms with E-state index in [1.807, 2.05) is 0 Å². The van der Waals surface area contributed by atoms with Gasteiger partial charge in [0.2, 0.25) is 0 Å². The lowest BCUT2D eigenvalue weighted by atomic mass is 9.47. The third-order valence-corrected chi connectivity index (χ3v) is 10.5. The van der Waals surface area contributed by atoms with Gasteiger partial charge in [-0.1, -0.05) is 35.9 Å². The highest BCUT2D eigenvalue weighted by molar-refractivity contribution is 5.37. The number of nitrogens with zero attached hydrogens (tertiary/aromatic N) is 1. The van der Waals surface area contributed by atoms with Crippen LogP contribution < -0.4 is 0 Å². The van der Waals surface area contributed by atoms with E-state index in [0.717, 1.165) is 60.4 Å². The molecule has 0 aromatic carbocycles. The lowest BCUT2D eigenvalue weighted by Crippen LogP contribution is -2.56. The van der Waals surface area contributed by atoms with Crippen molar-refractivity contribution in [1.29, 1.82) is 0 Å². The molecule has 0 N–H and O–H groups in total. The topological polar surface area (TPSA) is 38.7 Å². The van der Waals surface area contributed by atoms with Crippen LogP contribution in [0.4, 0.5) is 0 Å². The van der Waals surface area contributed by atoms with Gasteiger partial charge >= 0.3 is 0 Å². The predicted octanol–water partition coefficient (Wildman–Crippen LogP) is 5.12. The van der Waals surface area contributed by atoms with Crippen LogP contribution in [0.1, 0.15) is 51.9 Å². The molecule has 27 heavy (non-hydrogen) atoms. The molecule has 3 nitrogen and oxygen atoms in total. The van der Waals surface area contributed by atoms with Crippen molar-refractivity contribution >= 4 is 0 Å². The van der Waals surface area contributed by atoms with E-state index in [4.69, 9.17) is 4.74 Å². The number of ether oxygens (including phenoxy) is 1. The average Bonchev–Trinajstić information content (AvgIpc) is 3.62. The van der Waals surface area contributed by atoms with E-state index in [0.29, 0.717) is 5.41 Å². The summed E-state index contributed by atoms with van der Waals surface area (Å²) in [6.45, 7) is 3.29. The number of hydrogen-bond acceptors (Lipinski definition) is 3. The Bertz CT molecular complexity index is 772. The van der Waals surface area contributed by atoms with E-state index in [2.05, 4.69) is 30.3 Å². The third kappa shape index (κ3) is 1.68. The fourth-order valence-electron chi connectivity index (χ4n) is 9.70. The molecule has 1 heterocycles. The first kappa shape index (κ1) is 15.9. The first-order chi connectivity index (χ1) is 13.2. The molecule has 144 valence electrons. The van der Waals surface area contributed by atoms with E-state index in [1.165, 1.54) is 38.5 Å². The Morgan fingerprint density at radius 1 is 1.15 bits per heavy atom. The Morgan fingerprint density at radius 3 is 2.85 bits per heavy atom. The van der Waals surface area contributed by atoms with Gasteiger partial charge in [0, 0.05) is 5.41 Å². The van der Waals surface area contributed by atoms with Crippen molar-refractivity contribution in [1.82, 2.24) is 0 Å². The Kier molecular flexibility index (Phi) is 2.92. The molecule has 5 fully saturated rings. The summed E-state index contributed by atoms with van der Waals surface area (Å²) >= 11 is 0. The van der Waals surface area contributed by atoms with E-state index >= 15 is 0 Å². The highest BCUT2D eigenvalue weighted by Crippen LogP contribution is 2.81. The average molecular weight is 366 g/mol. The lowest BCUT2D eigenvalue weighted by Gasteiger charge is -2.58. The molecule has 0 aromatic heterocycles. The highest BCUT2D eigenvalue weighted by atomic mass is 16.5. The van der Waals surface area contributed by atoms with Gasteiger partial charge in [0.25, 0.3) is 0 Å². The van der Waals surface area contributed by atoms with Gasteiger partial charge in [-0.3, -0.25) is 0 Å². The summed E-state index contributed by atoms with van der Waals surface area (Å²) in [7, 11) is 0. The second-order valence-electron chi connectivity index (χ2n) is 10.9. The lowest BCUT2D eigenvalue weighted by molar-refractivity contribution is -0.145. The van der Waals surface area contributed by atoms with Crippen LogP contribution in [-0.2, 0) is 4.74 Å². The summed E-state index contributed by atoms with van der Waals surface area (Å²) in [5.74, 6) is 6.90. The van der Waals surface area contributed by atoms with Crippen molar-refractivity contribution in [2.45, 2.75) is 63.5 Å². The van der Waals surface area contributed by atoms with Crippen molar-refractivity contribution in [3.63, 3.8) is 0 Å². The maximum atomic E-state index is 11.1. The van der Waals surface area contributed by atoms with Gasteiger partial charge in [0.1, 0.15) is 6.04 Å². The predicted molar refractivity (Wildman–Crippen MR) is 104 cm³/mol. The van der Waals surface area contributed by atoms with Gasteiger partial charge in [0.15, 0.2) is 0 Å². The third-order valence-electron chi connectivity index (χ3n) is 10.5. The molecule has 5 saturated carbocycles. The molecule has 0 aromatic rings. The molecule has 3 heteroatoms. The molecule has 11 atom stereocenters. The van der Waals surface area contributed by atoms with Crippen LogP contribution in [0.5, 0.6) is 0 Å². The van der Waals surface area contributed by atoms with E-state index in [9.17, 15) is 4.91 Å². The molecule has 7 rings (SSSR count). The standard InChI is InChI=1S/C24H31NO2/c1-2-23-8-6-15-14-5-4-13(25-26)10-16(14)17-11-18(17)21(15)22(23)19-12-20(19)24(23)7-3-9-27-24/h3,7,10,13-15,17-22H,2,4-6,8-9,11-12H2,1H3/t13?,14-,15?,17?,18?,19?,20?,21?,22?,23+,24+/m1/s1. The summed E-state index contributed by atoms with van der Waals surface area (Å²) in [5, 5.41) is 3.39. The van der Waals surface area contributed by atoms with Gasteiger partial charge in [-0.2, -0.15) is 4.91 Å². The Balaban J connectivity index is 1.31. The zero-order valence-electron chi connectivity index (χ0n) is 16.3.